The van der Waals surface area contributed by atoms with Crippen molar-refractivity contribution >= 4 is 23.3 Å². The van der Waals surface area contributed by atoms with Crippen LogP contribution >= 0.6 is 23.3 Å². The van der Waals surface area contributed by atoms with Crippen LogP contribution in [0.2, 0.25) is 0 Å². The highest BCUT2D eigenvalue weighted by Gasteiger charge is 2.13. The third-order valence-electron chi connectivity index (χ3n) is 1.82. The van der Waals surface area contributed by atoms with E-state index in [1.807, 2.05) is 0 Å². The van der Waals surface area contributed by atoms with E-state index in [0.29, 0.717) is 0 Å². The Labute approximate surface area is 91.2 Å². The van der Waals surface area contributed by atoms with E-state index in [9.17, 15) is 0 Å². The Balaban J connectivity index is 1.62. The van der Waals surface area contributed by atoms with Crippen molar-refractivity contribution in [1.29, 1.82) is 0 Å². The van der Waals surface area contributed by atoms with Gasteiger partial charge in [0.2, 0.25) is 0 Å². The van der Waals surface area contributed by atoms with Crippen LogP contribution in [-0.2, 0) is 9.47 Å². The first kappa shape index (κ1) is 10.4. The predicted molar refractivity (Wildman–Crippen MR) is 55.6 cm³/mol. The molecule has 1 aromatic rings. The molecule has 0 spiro atoms. The van der Waals surface area contributed by atoms with Gasteiger partial charge in [0, 0.05) is 12.2 Å². The Hall–Kier alpha value is -0.170. The summed E-state index contributed by atoms with van der Waals surface area (Å²) in [6.45, 7) is 1.66. The maximum absolute atomic E-state index is 5.43. The molecule has 0 unspecified atom stereocenters. The molecule has 1 saturated heterocycles. The fraction of sp³-hybridized carbons (Fsp3) is 0.750. The largest absolute Gasteiger partial charge is 0.353 e. The molecular formula is C8H12N2O2S2. The molecule has 1 aliphatic heterocycles. The van der Waals surface area contributed by atoms with Gasteiger partial charge in [-0.25, -0.2) is 4.98 Å². The normalized spacial score (nSPS) is 18.6. The van der Waals surface area contributed by atoms with E-state index in [2.05, 4.69) is 9.36 Å². The zero-order valence-corrected chi connectivity index (χ0v) is 9.35. The smallest absolute Gasteiger partial charge is 0.169 e. The summed E-state index contributed by atoms with van der Waals surface area (Å²) >= 11 is 3.14. The van der Waals surface area contributed by atoms with Crippen molar-refractivity contribution in [2.45, 2.75) is 23.5 Å². The van der Waals surface area contributed by atoms with Gasteiger partial charge in [-0.2, -0.15) is 4.37 Å². The van der Waals surface area contributed by atoms with E-state index in [1.165, 1.54) is 11.5 Å². The van der Waals surface area contributed by atoms with Crippen molar-refractivity contribution in [2.75, 3.05) is 19.0 Å². The summed E-state index contributed by atoms with van der Waals surface area (Å²) in [7, 11) is 0. The summed E-state index contributed by atoms with van der Waals surface area (Å²) < 4.78 is 15.8. The van der Waals surface area contributed by atoms with Crippen molar-refractivity contribution in [3.8, 4) is 0 Å². The average Bonchev–Trinajstić information content (AvgIpc) is 2.72. The zero-order chi connectivity index (χ0) is 9.64. The van der Waals surface area contributed by atoms with Gasteiger partial charge in [-0.1, -0.05) is 11.8 Å². The summed E-state index contributed by atoms with van der Waals surface area (Å²) in [6.07, 6.45) is 3.51. The van der Waals surface area contributed by atoms with Crippen LogP contribution < -0.4 is 0 Å². The zero-order valence-electron chi connectivity index (χ0n) is 7.72. The molecule has 0 N–H and O–H groups in total. The third kappa shape index (κ3) is 3.20. The van der Waals surface area contributed by atoms with Crippen molar-refractivity contribution in [3.63, 3.8) is 0 Å². The lowest BCUT2D eigenvalue weighted by Crippen LogP contribution is -2.25. The molecule has 4 nitrogen and oxygen atoms in total. The van der Waals surface area contributed by atoms with E-state index in [1.54, 1.807) is 18.1 Å². The highest BCUT2D eigenvalue weighted by atomic mass is 32.2. The SMILES string of the molecule is c1nsc(SCCC2OCCCO2)n1. The first-order valence-corrected chi connectivity index (χ1v) is 6.34. The monoisotopic (exact) mass is 232 g/mol. The highest BCUT2D eigenvalue weighted by molar-refractivity contribution is 8.00. The average molecular weight is 232 g/mol. The number of hydrogen-bond donors (Lipinski definition) is 0. The molecule has 14 heavy (non-hydrogen) atoms. The van der Waals surface area contributed by atoms with E-state index >= 15 is 0 Å². The Morgan fingerprint density at radius 1 is 1.50 bits per heavy atom. The number of nitrogens with zero attached hydrogens (tertiary/aromatic N) is 2. The van der Waals surface area contributed by atoms with Gasteiger partial charge in [0.15, 0.2) is 10.6 Å². The molecule has 1 aliphatic rings. The van der Waals surface area contributed by atoms with Crippen LogP contribution in [0.15, 0.2) is 10.7 Å². The second kappa shape index (κ2) is 5.65. The van der Waals surface area contributed by atoms with Crippen LogP contribution in [0, 0.1) is 0 Å². The molecule has 0 bridgehead atoms. The molecule has 6 heteroatoms. The summed E-state index contributed by atoms with van der Waals surface area (Å²) in [5.74, 6) is 0.972. The summed E-state index contributed by atoms with van der Waals surface area (Å²) in [4.78, 5) is 4.09. The number of aromatic nitrogens is 2. The molecule has 0 atom stereocenters. The molecule has 0 aliphatic carbocycles. The first-order chi connectivity index (χ1) is 6.95. The summed E-state index contributed by atoms with van der Waals surface area (Å²) in [6, 6.07) is 0. The maximum Gasteiger partial charge on any atom is 0.169 e. The van der Waals surface area contributed by atoms with Crippen molar-refractivity contribution in [1.82, 2.24) is 9.36 Å². The Kier molecular flexibility index (Phi) is 4.18. The van der Waals surface area contributed by atoms with Crippen LogP contribution in [-0.4, -0.2) is 34.6 Å². The molecule has 1 aromatic heterocycles. The van der Waals surface area contributed by atoms with E-state index in [-0.39, 0.29) is 6.29 Å². The fourth-order valence-corrected chi connectivity index (χ4v) is 2.65. The standard InChI is InChI=1S/C8H12N2O2S2/c1-3-11-7(12-4-1)2-5-13-8-9-6-10-14-8/h6-7H,1-5H2. The number of thioether (sulfide) groups is 1. The molecule has 1 fully saturated rings. The van der Waals surface area contributed by atoms with Gasteiger partial charge in [-0.15, -0.1) is 0 Å². The van der Waals surface area contributed by atoms with Crippen LogP contribution in [0.5, 0.6) is 0 Å². The van der Waals surface area contributed by atoms with Crippen molar-refractivity contribution in [2.24, 2.45) is 0 Å². The molecule has 0 amide bonds. The van der Waals surface area contributed by atoms with Crippen LogP contribution in [0.3, 0.4) is 0 Å². The van der Waals surface area contributed by atoms with Crippen LogP contribution in [0.25, 0.3) is 0 Å². The number of hydrogen-bond acceptors (Lipinski definition) is 6. The lowest BCUT2D eigenvalue weighted by atomic mass is 10.4. The van der Waals surface area contributed by atoms with Gasteiger partial charge in [0.25, 0.3) is 0 Å². The van der Waals surface area contributed by atoms with Gasteiger partial charge < -0.3 is 9.47 Å². The Morgan fingerprint density at radius 3 is 3.07 bits per heavy atom. The lowest BCUT2D eigenvalue weighted by Gasteiger charge is -2.22. The van der Waals surface area contributed by atoms with E-state index in [0.717, 1.165) is 36.1 Å². The Bertz CT molecular complexity index is 250. The predicted octanol–water partition coefficient (Wildman–Crippen LogP) is 1.78. The second-order valence-corrected chi connectivity index (χ2v) is 4.99. The quantitative estimate of drug-likeness (QED) is 0.740. The number of rotatable bonds is 4. The molecular weight excluding hydrogens is 220 g/mol. The molecule has 0 radical (unpaired) electrons. The number of ether oxygens (including phenoxy) is 2. The van der Waals surface area contributed by atoms with Crippen LogP contribution in [0.1, 0.15) is 12.8 Å². The molecule has 2 heterocycles. The fourth-order valence-electron chi connectivity index (χ4n) is 1.17. The summed E-state index contributed by atoms with van der Waals surface area (Å²) in [5, 5.41) is 0. The minimum absolute atomic E-state index is 0.0100. The molecule has 78 valence electrons. The minimum atomic E-state index is -0.0100. The first-order valence-electron chi connectivity index (χ1n) is 4.58. The van der Waals surface area contributed by atoms with Gasteiger partial charge in [0.1, 0.15) is 6.33 Å². The molecule has 0 aromatic carbocycles. The van der Waals surface area contributed by atoms with E-state index < -0.39 is 0 Å². The van der Waals surface area contributed by atoms with E-state index in [4.69, 9.17) is 9.47 Å². The molecule has 2 rings (SSSR count). The van der Waals surface area contributed by atoms with Gasteiger partial charge in [0.05, 0.1) is 13.2 Å². The highest BCUT2D eigenvalue weighted by Crippen LogP contribution is 2.21. The van der Waals surface area contributed by atoms with Gasteiger partial charge in [-0.3, -0.25) is 0 Å². The lowest BCUT2D eigenvalue weighted by molar-refractivity contribution is -0.178. The maximum atomic E-state index is 5.43. The minimum Gasteiger partial charge on any atom is -0.353 e. The van der Waals surface area contributed by atoms with Gasteiger partial charge >= 0.3 is 0 Å². The topological polar surface area (TPSA) is 44.2 Å². The van der Waals surface area contributed by atoms with Crippen molar-refractivity contribution < 1.29 is 9.47 Å². The van der Waals surface area contributed by atoms with Crippen LogP contribution in [0.4, 0.5) is 0 Å². The Morgan fingerprint density at radius 2 is 2.36 bits per heavy atom. The van der Waals surface area contributed by atoms with Crippen molar-refractivity contribution in [3.05, 3.63) is 6.33 Å². The second-order valence-electron chi connectivity index (χ2n) is 2.87. The molecule has 0 saturated carbocycles. The van der Waals surface area contributed by atoms with Gasteiger partial charge in [-0.05, 0) is 18.0 Å². The third-order valence-corrected chi connectivity index (χ3v) is 3.65. The summed E-state index contributed by atoms with van der Waals surface area (Å²) in [5.41, 5.74) is 0.